The van der Waals surface area contributed by atoms with Gasteiger partial charge in [-0.25, -0.2) is 0 Å². The summed E-state index contributed by atoms with van der Waals surface area (Å²) < 4.78 is 13.3. The van der Waals surface area contributed by atoms with Crippen molar-refractivity contribution in [3.63, 3.8) is 0 Å². The lowest BCUT2D eigenvalue weighted by Crippen LogP contribution is -2.16. The van der Waals surface area contributed by atoms with E-state index in [1.165, 1.54) is 11.8 Å². The van der Waals surface area contributed by atoms with Gasteiger partial charge < -0.3 is 14.5 Å². The summed E-state index contributed by atoms with van der Waals surface area (Å²) in [5.74, 6) is 2.59. The number of rotatable bonds is 4. The number of anilines is 1. The molecule has 0 spiro atoms. The van der Waals surface area contributed by atoms with Crippen LogP contribution in [-0.2, 0) is 0 Å². The molecule has 6 nitrogen and oxygen atoms in total. The highest BCUT2D eigenvalue weighted by Gasteiger charge is 2.28. The lowest BCUT2D eigenvalue weighted by Gasteiger charge is -2.16. The quantitative estimate of drug-likeness (QED) is 0.299. The number of ether oxygens (including phenoxy) is 1. The van der Waals surface area contributed by atoms with Crippen molar-refractivity contribution in [3.05, 3.63) is 69.9 Å². The Balaban J connectivity index is 1.56. The van der Waals surface area contributed by atoms with Gasteiger partial charge in [-0.3, -0.25) is 0 Å². The van der Waals surface area contributed by atoms with Crippen LogP contribution in [0.4, 0.5) is 5.69 Å². The second-order valence-corrected chi connectivity index (χ2v) is 9.31. The fourth-order valence-electron chi connectivity index (χ4n) is 3.25. The second-order valence-electron chi connectivity index (χ2n) is 6.72. The van der Waals surface area contributed by atoms with Crippen molar-refractivity contribution in [3.8, 4) is 28.5 Å². The number of furan rings is 1. The van der Waals surface area contributed by atoms with Gasteiger partial charge in [-0.15, -0.1) is 10.2 Å². The van der Waals surface area contributed by atoms with E-state index >= 15 is 0 Å². The predicted molar refractivity (Wildman–Crippen MR) is 126 cm³/mol. The number of nitrogens with one attached hydrogen (secondary N) is 1. The van der Waals surface area contributed by atoms with Crippen LogP contribution in [0.25, 0.3) is 22.6 Å². The summed E-state index contributed by atoms with van der Waals surface area (Å²) in [6.07, 6.45) is -0.585. The molecule has 0 aliphatic carbocycles. The molecule has 0 unspecified atom stereocenters. The predicted octanol–water partition coefficient (Wildman–Crippen LogP) is 6.83. The number of halogens is 2. The molecule has 3 heterocycles. The molecule has 0 amide bonds. The minimum Gasteiger partial charge on any atom is -0.455 e. The maximum Gasteiger partial charge on any atom is 0.247 e. The Hall–Kier alpha value is -2.55. The fourth-order valence-corrected chi connectivity index (χ4v) is 4.24. The maximum atomic E-state index is 6.25. The van der Waals surface area contributed by atoms with Gasteiger partial charge in [-0.05, 0) is 60.4 Å². The zero-order valence-corrected chi connectivity index (χ0v) is 19.5. The Morgan fingerprint density at radius 3 is 2.74 bits per heavy atom. The number of aromatic nitrogens is 3. The number of nitrogens with zero attached hydrogens (tertiary/aromatic N) is 3. The van der Waals surface area contributed by atoms with Crippen molar-refractivity contribution in [2.45, 2.75) is 18.3 Å². The van der Waals surface area contributed by atoms with Crippen LogP contribution >= 0.6 is 39.3 Å². The van der Waals surface area contributed by atoms with Gasteiger partial charge in [-0.2, -0.15) is 4.98 Å². The Morgan fingerprint density at radius 2 is 1.94 bits per heavy atom. The molecule has 2 aromatic heterocycles. The fraction of sp³-hybridized carbons (Fsp3) is 0.136. The Labute approximate surface area is 196 Å². The van der Waals surface area contributed by atoms with Gasteiger partial charge in [0.05, 0.1) is 0 Å². The second kappa shape index (κ2) is 8.53. The summed E-state index contributed by atoms with van der Waals surface area (Å²) in [5, 5.41) is 13.3. The normalized spacial score (nSPS) is 14.7. The van der Waals surface area contributed by atoms with Gasteiger partial charge in [-0.1, -0.05) is 46.2 Å². The van der Waals surface area contributed by atoms with Crippen LogP contribution in [0.5, 0.6) is 5.88 Å². The summed E-state index contributed by atoms with van der Waals surface area (Å²) in [5.41, 5.74) is 3.21. The lowest BCUT2D eigenvalue weighted by molar-refractivity contribution is 0.196. The smallest absolute Gasteiger partial charge is 0.247 e. The topological polar surface area (TPSA) is 73.1 Å². The molecule has 31 heavy (non-hydrogen) atoms. The largest absolute Gasteiger partial charge is 0.455 e. The molecular formula is C22H16BrClN4O2S. The molecule has 9 heteroatoms. The minimum atomic E-state index is -0.585. The summed E-state index contributed by atoms with van der Waals surface area (Å²) in [4.78, 5) is 4.60. The van der Waals surface area contributed by atoms with Crippen molar-refractivity contribution in [1.82, 2.24) is 15.2 Å². The van der Waals surface area contributed by atoms with Crippen LogP contribution in [0, 0.1) is 0 Å². The number of thioether (sulfide) groups is 1. The highest BCUT2D eigenvalue weighted by molar-refractivity contribution is 9.10. The van der Waals surface area contributed by atoms with E-state index in [1.807, 2.05) is 61.5 Å². The molecule has 0 bridgehead atoms. The summed E-state index contributed by atoms with van der Waals surface area (Å²) in [7, 11) is 0. The number of hydrogen-bond donors (Lipinski definition) is 1. The Kier molecular flexibility index (Phi) is 5.60. The summed E-state index contributed by atoms with van der Waals surface area (Å²) in [6.45, 7) is 2.04. The van der Waals surface area contributed by atoms with Crippen LogP contribution in [0.2, 0.25) is 5.02 Å². The third kappa shape index (κ3) is 4.15. The molecule has 0 radical (unpaired) electrons. The molecule has 4 aromatic rings. The van der Waals surface area contributed by atoms with Crippen molar-refractivity contribution in [1.29, 1.82) is 0 Å². The van der Waals surface area contributed by atoms with Crippen molar-refractivity contribution < 1.29 is 9.15 Å². The molecule has 1 aliphatic heterocycles. The van der Waals surface area contributed by atoms with Crippen LogP contribution in [0.3, 0.4) is 0 Å². The SMILES string of the molecule is CCSc1nnc2c(n1)O[C@H](c1ccc(-c3ccc(Cl)cc3)o1)Nc1ccc(Br)cc1-2. The van der Waals surface area contributed by atoms with Gasteiger partial charge in [0.25, 0.3) is 0 Å². The van der Waals surface area contributed by atoms with Crippen molar-refractivity contribution in [2.24, 2.45) is 0 Å². The number of benzene rings is 2. The minimum absolute atomic E-state index is 0.407. The first-order valence-corrected chi connectivity index (χ1v) is 11.7. The van der Waals surface area contributed by atoms with Gasteiger partial charge in [0.1, 0.15) is 5.76 Å². The average molecular weight is 516 g/mol. The van der Waals surface area contributed by atoms with E-state index in [-0.39, 0.29) is 0 Å². The van der Waals surface area contributed by atoms with Crippen LogP contribution in [0.1, 0.15) is 18.9 Å². The molecular weight excluding hydrogens is 500 g/mol. The van der Waals surface area contributed by atoms with Crippen LogP contribution in [0.15, 0.2) is 68.6 Å². The zero-order valence-electron chi connectivity index (χ0n) is 16.3. The summed E-state index contributed by atoms with van der Waals surface area (Å²) in [6, 6.07) is 17.2. The van der Waals surface area contributed by atoms with E-state index < -0.39 is 6.23 Å². The van der Waals surface area contributed by atoms with E-state index in [0.29, 0.717) is 27.5 Å². The monoisotopic (exact) mass is 514 g/mol. The number of fused-ring (bicyclic) bond motifs is 3. The average Bonchev–Trinajstić information content (AvgIpc) is 3.20. The van der Waals surface area contributed by atoms with Crippen molar-refractivity contribution >= 4 is 45.0 Å². The van der Waals surface area contributed by atoms with Crippen molar-refractivity contribution in [2.75, 3.05) is 11.1 Å². The van der Waals surface area contributed by atoms with Gasteiger partial charge in [0.2, 0.25) is 17.3 Å². The van der Waals surface area contributed by atoms with E-state index in [4.69, 9.17) is 20.8 Å². The maximum absolute atomic E-state index is 6.25. The molecule has 2 aromatic carbocycles. The third-order valence-electron chi connectivity index (χ3n) is 4.68. The van der Waals surface area contributed by atoms with Crippen LogP contribution < -0.4 is 10.1 Å². The Morgan fingerprint density at radius 1 is 1.10 bits per heavy atom. The zero-order chi connectivity index (χ0) is 21.4. The van der Waals surface area contributed by atoms with E-state index in [0.717, 1.165) is 32.8 Å². The molecule has 0 saturated carbocycles. The van der Waals surface area contributed by atoms with E-state index in [1.54, 1.807) is 0 Å². The van der Waals surface area contributed by atoms with Gasteiger partial charge in [0, 0.05) is 26.3 Å². The first kappa shape index (κ1) is 20.4. The summed E-state index contributed by atoms with van der Waals surface area (Å²) >= 11 is 11.0. The van der Waals surface area contributed by atoms with Gasteiger partial charge >= 0.3 is 0 Å². The van der Waals surface area contributed by atoms with E-state index in [9.17, 15) is 0 Å². The molecule has 156 valence electrons. The molecule has 0 fully saturated rings. The first-order chi connectivity index (χ1) is 15.1. The molecule has 1 N–H and O–H groups in total. The van der Waals surface area contributed by atoms with E-state index in [2.05, 4.69) is 36.4 Å². The highest BCUT2D eigenvalue weighted by atomic mass is 79.9. The number of hydrogen-bond acceptors (Lipinski definition) is 7. The molecule has 1 atom stereocenters. The van der Waals surface area contributed by atoms with Gasteiger partial charge in [0.15, 0.2) is 11.5 Å². The molecule has 1 aliphatic rings. The first-order valence-electron chi connectivity index (χ1n) is 9.57. The third-order valence-corrected chi connectivity index (χ3v) is 6.14. The molecule has 5 rings (SSSR count). The van der Waals surface area contributed by atoms with Crippen LogP contribution in [-0.4, -0.2) is 20.9 Å². The molecule has 0 saturated heterocycles. The standard InChI is InChI=1S/C22H16BrClN4O2S/c1-2-31-22-26-21-19(27-28-22)15-11-13(23)5-8-16(15)25-20(30-21)18-10-9-17(29-18)12-3-6-14(24)7-4-12/h3-11,20,25H,2H2,1H3/t20-/m1/s1. The Bertz CT molecular complexity index is 1250. The highest BCUT2D eigenvalue weighted by Crippen LogP contribution is 2.41. The lowest BCUT2D eigenvalue weighted by atomic mass is 10.1.